The fraction of sp³-hybridized carbons (Fsp3) is 0.188. The first-order chi connectivity index (χ1) is 11.0. The van der Waals surface area contributed by atoms with Crippen molar-refractivity contribution in [2.75, 3.05) is 13.7 Å². The van der Waals surface area contributed by atoms with Gasteiger partial charge in [0.15, 0.2) is 0 Å². The summed E-state index contributed by atoms with van der Waals surface area (Å²) in [4.78, 5) is 22.3. The number of nitrogens with zero attached hydrogens (tertiary/aromatic N) is 1. The summed E-state index contributed by atoms with van der Waals surface area (Å²) < 4.78 is 5.24. The normalized spacial score (nSPS) is 10.2. The van der Waals surface area contributed by atoms with E-state index in [4.69, 9.17) is 16.3 Å². The van der Waals surface area contributed by atoms with E-state index in [0.717, 1.165) is 11.3 Å². The molecule has 0 aliphatic rings. The summed E-state index contributed by atoms with van der Waals surface area (Å²) in [6.45, 7) is 0.385. The number of nitrogens with one attached hydrogen (secondary N) is 1. The average molecular weight is 335 g/mol. The molecular formula is C16H15ClN2O4. The predicted molar refractivity (Wildman–Crippen MR) is 87.1 cm³/mol. The zero-order valence-corrected chi connectivity index (χ0v) is 13.2. The van der Waals surface area contributed by atoms with Crippen LogP contribution in [0.3, 0.4) is 0 Å². The standard InChI is InChI=1S/C16H15ClN2O4/c1-23-15-5-3-2-4-11(15)8-9-18-16(20)12-6-7-13(17)14(10-12)19(21)22/h2-7,10H,8-9H2,1H3,(H,18,20). The van der Waals surface area contributed by atoms with E-state index in [1.54, 1.807) is 7.11 Å². The Labute approximate surface area is 138 Å². The van der Waals surface area contributed by atoms with Gasteiger partial charge in [-0.25, -0.2) is 0 Å². The number of methoxy groups -OCH3 is 1. The molecule has 23 heavy (non-hydrogen) atoms. The number of hydrogen-bond acceptors (Lipinski definition) is 4. The van der Waals surface area contributed by atoms with Crippen molar-refractivity contribution in [3.63, 3.8) is 0 Å². The number of carbonyl (C=O) groups is 1. The van der Waals surface area contributed by atoms with Gasteiger partial charge in [-0.1, -0.05) is 29.8 Å². The number of halogens is 1. The predicted octanol–water partition coefficient (Wildman–Crippen LogP) is 3.23. The van der Waals surface area contributed by atoms with Crippen LogP contribution in [0.1, 0.15) is 15.9 Å². The Kier molecular flexibility index (Phi) is 5.54. The number of nitro groups is 1. The summed E-state index contributed by atoms with van der Waals surface area (Å²) >= 11 is 5.73. The molecule has 0 unspecified atom stereocenters. The first kappa shape index (κ1) is 16.8. The monoisotopic (exact) mass is 334 g/mol. The summed E-state index contributed by atoms with van der Waals surface area (Å²) in [6.07, 6.45) is 0.589. The minimum absolute atomic E-state index is 0.000530. The fourth-order valence-corrected chi connectivity index (χ4v) is 2.30. The minimum atomic E-state index is -0.617. The summed E-state index contributed by atoms with van der Waals surface area (Å²) in [5.41, 5.74) is 0.877. The van der Waals surface area contributed by atoms with Gasteiger partial charge in [-0.05, 0) is 30.2 Å². The third kappa shape index (κ3) is 4.20. The maximum atomic E-state index is 12.1. The minimum Gasteiger partial charge on any atom is -0.496 e. The Morgan fingerprint density at radius 1 is 1.30 bits per heavy atom. The Morgan fingerprint density at radius 3 is 2.74 bits per heavy atom. The quantitative estimate of drug-likeness (QED) is 0.649. The van der Waals surface area contributed by atoms with Gasteiger partial charge in [-0.2, -0.15) is 0 Å². The maximum Gasteiger partial charge on any atom is 0.288 e. The first-order valence-corrected chi connectivity index (χ1v) is 7.24. The lowest BCUT2D eigenvalue weighted by Crippen LogP contribution is -2.25. The maximum absolute atomic E-state index is 12.1. The van der Waals surface area contributed by atoms with Crippen molar-refractivity contribution in [1.82, 2.24) is 5.32 Å². The number of carbonyl (C=O) groups excluding carboxylic acids is 1. The molecule has 0 spiro atoms. The lowest BCUT2D eigenvalue weighted by molar-refractivity contribution is -0.384. The first-order valence-electron chi connectivity index (χ1n) is 6.87. The highest BCUT2D eigenvalue weighted by Gasteiger charge is 2.16. The Balaban J connectivity index is 2.00. The summed E-state index contributed by atoms with van der Waals surface area (Å²) in [5.74, 6) is 0.364. The van der Waals surface area contributed by atoms with Crippen molar-refractivity contribution in [3.05, 3.63) is 68.7 Å². The molecule has 2 aromatic rings. The second kappa shape index (κ2) is 7.60. The Bertz CT molecular complexity index is 734. The van der Waals surface area contributed by atoms with Gasteiger partial charge >= 0.3 is 0 Å². The van der Waals surface area contributed by atoms with E-state index < -0.39 is 4.92 Å². The van der Waals surface area contributed by atoms with Crippen molar-refractivity contribution >= 4 is 23.2 Å². The largest absolute Gasteiger partial charge is 0.496 e. The van der Waals surface area contributed by atoms with Gasteiger partial charge in [0, 0.05) is 18.2 Å². The van der Waals surface area contributed by atoms with Crippen LogP contribution in [0.15, 0.2) is 42.5 Å². The molecule has 6 nitrogen and oxygen atoms in total. The van der Waals surface area contributed by atoms with Crippen LogP contribution in [0.25, 0.3) is 0 Å². The van der Waals surface area contributed by atoms with Gasteiger partial charge in [0.2, 0.25) is 0 Å². The molecule has 0 fully saturated rings. The lowest BCUT2D eigenvalue weighted by atomic mass is 10.1. The highest BCUT2D eigenvalue weighted by Crippen LogP contribution is 2.25. The number of para-hydroxylation sites is 1. The highest BCUT2D eigenvalue weighted by molar-refractivity contribution is 6.32. The molecule has 2 aromatic carbocycles. The van der Waals surface area contributed by atoms with Crippen molar-refractivity contribution < 1.29 is 14.5 Å². The molecule has 2 rings (SSSR count). The van der Waals surface area contributed by atoms with Gasteiger partial charge in [0.1, 0.15) is 10.8 Å². The molecule has 0 bridgehead atoms. The molecule has 120 valence electrons. The van der Waals surface area contributed by atoms with E-state index in [2.05, 4.69) is 5.32 Å². The molecule has 0 radical (unpaired) electrons. The van der Waals surface area contributed by atoms with Gasteiger partial charge in [0.05, 0.1) is 12.0 Å². The molecule has 0 heterocycles. The van der Waals surface area contributed by atoms with E-state index in [1.165, 1.54) is 18.2 Å². The van der Waals surface area contributed by atoms with Crippen LogP contribution in [0, 0.1) is 10.1 Å². The van der Waals surface area contributed by atoms with Crippen LogP contribution in [0.5, 0.6) is 5.75 Å². The van der Waals surface area contributed by atoms with Crippen LogP contribution >= 0.6 is 11.6 Å². The van der Waals surface area contributed by atoms with Gasteiger partial charge in [-0.15, -0.1) is 0 Å². The molecule has 0 saturated carbocycles. The molecule has 7 heteroatoms. The van der Waals surface area contributed by atoms with Crippen molar-refractivity contribution in [2.24, 2.45) is 0 Å². The number of ether oxygens (including phenoxy) is 1. The molecule has 1 N–H and O–H groups in total. The molecule has 0 atom stereocenters. The average Bonchev–Trinajstić information content (AvgIpc) is 2.55. The van der Waals surface area contributed by atoms with Crippen LogP contribution < -0.4 is 10.1 Å². The van der Waals surface area contributed by atoms with E-state index in [0.29, 0.717) is 13.0 Å². The molecule has 0 aromatic heterocycles. The second-order valence-electron chi connectivity index (χ2n) is 4.74. The Morgan fingerprint density at radius 2 is 2.04 bits per heavy atom. The smallest absolute Gasteiger partial charge is 0.288 e. The van der Waals surface area contributed by atoms with Crippen LogP contribution in [0.4, 0.5) is 5.69 Å². The van der Waals surface area contributed by atoms with E-state index in [-0.39, 0.29) is 22.2 Å². The fourth-order valence-electron chi connectivity index (χ4n) is 2.12. The summed E-state index contributed by atoms with van der Waals surface area (Å²) in [7, 11) is 1.59. The second-order valence-corrected chi connectivity index (χ2v) is 5.15. The number of amides is 1. The lowest BCUT2D eigenvalue weighted by Gasteiger charge is -2.09. The summed E-state index contributed by atoms with van der Waals surface area (Å²) in [6, 6.07) is 11.5. The number of nitro benzene ring substituents is 1. The molecule has 0 saturated heterocycles. The number of rotatable bonds is 6. The molecule has 0 aliphatic heterocycles. The van der Waals surface area contributed by atoms with Crippen LogP contribution in [0.2, 0.25) is 5.02 Å². The van der Waals surface area contributed by atoms with Crippen molar-refractivity contribution in [3.8, 4) is 5.75 Å². The van der Waals surface area contributed by atoms with Crippen LogP contribution in [-0.4, -0.2) is 24.5 Å². The van der Waals surface area contributed by atoms with Gasteiger partial charge < -0.3 is 10.1 Å². The number of hydrogen-bond donors (Lipinski definition) is 1. The van der Waals surface area contributed by atoms with Crippen molar-refractivity contribution in [1.29, 1.82) is 0 Å². The topological polar surface area (TPSA) is 81.5 Å². The van der Waals surface area contributed by atoms with Gasteiger partial charge in [0.25, 0.3) is 11.6 Å². The Hall–Kier alpha value is -2.60. The SMILES string of the molecule is COc1ccccc1CCNC(=O)c1ccc(Cl)c([N+](=O)[O-])c1. The van der Waals surface area contributed by atoms with E-state index in [9.17, 15) is 14.9 Å². The van der Waals surface area contributed by atoms with Crippen LogP contribution in [-0.2, 0) is 6.42 Å². The molecule has 1 amide bonds. The summed E-state index contributed by atoms with van der Waals surface area (Å²) in [5, 5.41) is 13.6. The van der Waals surface area contributed by atoms with Crippen molar-refractivity contribution in [2.45, 2.75) is 6.42 Å². The highest BCUT2D eigenvalue weighted by atomic mass is 35.5. The number of benzene rings is 2. The zero-order chi connectivity index (χ0) is 16.8. The van der Waals surface area contributed by atoms with E-state index >= 15 is 0 Å². The third-order valence-electron chi connectivity index (χ3n) is 3.28. The van der Waals surface area contributed by atoms with Gasteiger partial charge in [-0.3, -0.25) is 14.9 Å². The zero-order valence-electron chi connectivity index (χ0n) is 12.4. The molecular weight excluding hydrogens is 320 g/mol. The third-order valence-corrected chi connectivity index (χ3v) is 3.60. The molecule has 0 aliphatic carbocycles. The van der Waals surface area contributed by atoms with E-state index in [1.807, 2.05) is 24.3 Å².